The van der Waals surface area contributed by atoms with Crippen molar-refractivity contribution >= 4 is 11.6 Å². The summed E-state index contributed by atoms with van der Waals surface area (Å²) in [6.45, 7) is 6.79. The molecule has 20 heavy (non-hydrogen) atoms. The molecule has 1 atom stereocenters. The average molecular weight is 278 g/mol. The molecule has 1 aliphatic rings. The molecule has 1 aromatic carbocycles. The van der Waals surface area contributed by atoms with E-state index in [0.717, 1.165) is 30.1 Å². The Kier molecular flexibility index (Phi) is 5.38. The van der Waals surface area contributed by atoms with Gasteiger partial charge >= 0.3 is 0 Å². The van der Waals surface area contributed by atoms with Crippen LogP contribution in [0.1, 0.15) is 18.9 Å². The molecule has 110 valence electrons. The number of carbonyl (C=O) groups is 1. The minimum atomic E-state index is -0.0354. The smallest absolute Gasteiger partial charge is 0.227 e. The third kappa shape index (κ3) is 4.21. The maximum atomic E-state index is 12.0. The molecule has 0 bridgehead atoms. The van der Waals surface area contributed by atoms with Crippen molar-refractivity contribution in [3.05, 3.63) is 23.8 Å². The van der Waals surface area contributed by atoms with Gasteiger partial charge in [-0.25, -0.2) is 0 Å². The topological polar surface area (TPSA) is 59.6 Å². The van der Waals surface area contributed by atoms with E-state index < -0.39 is 0 Å². The van der Waals surface area contributed by atoms with Gasteiger partial charge in [0.15, 0.2) is 0 Å². The fourth-order valence-corrected chi connectivity index (χ4v) is 2.19. The molecule has 1 saturated heterocycles. The summed E-state index contributed by atoms with van der Waals surface area (Å²) in [5.41, 5.74) is 1.81. The van der Waals surface area contributed by atoms with Gasteiger partial charge in [0.1, 0.15) is 5.75 Å². The highest BCUT2D eigenvalue weighted by atomic mass is 16.5. The summed E-state index contributed by atoms with van der Waals surface area (Å²) in [7, 11) is 0. The predicted octanol–water partition coefficient (Wildman–Crippen LogP) is 1.71. The van der Waals surface area contributed by atoms with Crippen molar-refractivity contribution in [2.75, 3.05) is 31.6 Å². The second kappa shape index (κ2) is 7.26. The molecule has 1 aliphatic heterocycles. The van der Waals surface area contributed by atoms with Gasteiger partial charge in [0, 0.05) is 18.8 Å². The molecule has 1 aromatic rings. The summed E-state index contributed by atoms with van der Waals surface area (Å²) in [5.74, 6) is 0.800. The summed E-state index contributed by atoms with van der Waals surface area (Å²) in [4.78, 5) is 12.0. The van der Waals surface area contributed by atoms with Crippen LogP contribution in [-0.4, -0.2) is 38.3 Å². The van der Waals surface area contributed by atoms with Crippen LogP contribution in [0.15, 0.2) is 18.2 Å². The molecular weight excluding hydrogens is 256 g/mol. The summed E-state index contributed by atoms with van der Waals surface area (Å²) in [6, 6.07) is 5.67. The molecule has 1 amide bonds. The third-order valence-corrected chi connectivity index (χ3v) is 3.20. The Hall–Kier alpha value is -1.59. The van der Waals surface area contributed by atoms with Gasteiger partial charge in [0.05, 0.1) is 25.7 Å². The summed E-state index contributed by atoms with van der Waals surface area (Å²) in [5, 5.41) is 6.14. The lowest BCUT2D eigenvalue weighted by Gasteiger charge is -2.23. The van der Waals surface area contributed by atoms with Gasteiger partial charge in [0.2, 0.25) is 5.91 Å². The molecule has 5 nitrogen and oxygen atoms in total. The number of hydrogen-bond acceptors (Lipinski definition) is 4. The van der Waals surface area contributed by atoms with E-state index >= 15 is 0 Å². The number of anilines is 1. The molecule has 1 unspecified atom stereocenters. The SMILES string of the molecule is CCOc1ccc(NC(=O)CC2CNCCO2)c(C)c1. The van der Waals surface area contributed by atoms with E-state index in [4.69, 9.17) is 9.47 Å². The molecule has 0 saturated carbocycles. The fraction of sp³-hybridized carbons (Fsp3) is 0.533. The normalized spacial score (nSPS) is 18.6. The molecule has 5 heteroatoms. The number of aryl methyl sites for hydroxylation is 1. The minimum absolute atomic E-state index is 0.0223. The van der Waals surface area contributed by atoms with Crippen LogP contribution < -0.4 is 15.4 Å². The van der Waals surface area contributed by atoms with Crippen LogP contribution >= 0.6 is 0 Å². The lowest BCUT2D eigenvalue weighted by molar-refractivity contribution is -0.119. The Balaban J connectivity index is 1.90. The standard InChI is InChI=1S/C15H22N2O3/c1-3-19-12-4-5-14(11(2)8-12)17-15(18)9-13-10-16-6-7-20-13/h4-5,8,13,16H,3,6-7,9-10H2,1-2H3,(H,17,18). The van der Waals surface area contributed by atoms with Crippen LogP contribution in [-0.2, 0) is 9.53 Å². The van der Waals surface area contributed by atoms with Crippen molar-refractivity contribution < 1.29 is 14.3 Å². The molecule has 0 spiro atoms. The molecule has 2 rings (SSSR count). The van der Waals surface area contributed by atoms with Crippen molar-refractivity contribution in [3.63, 3.8) is 0 Å². The molecular formula is C15H22N2O3. The van der Waals surface area contributed by atoms with E-state index in [0.29, 0.717) is 19.6 Å². The number of morpholine rings is 1. The molecule has 0 aromatic heterocycles. The van der Waals surface area contributed by atoms with Crippen LogP contribution in [0, 0.1) is 6.92 Å². The zero-order valence-electron chi connectivity index (χ0n) is 12.1. The number of benzene rings is 1. The first-order valence-electron chi connectivity index (χ1n) is 7.04. The third-order valence-electron chi connectivity index (χ3n) is 3.20. The maximum Gasteiger partial charge on any atom is 0.227 e. The average Bonchev–Trinajstić information content (AvgIpc) is 2.43. The Morgan fingerprint density at radius 2 is 2.40 bits per heavy atom. The molecule has 1 fully saturated rings. The number of nitrogens with one attached hydrogen (secondary N) is 2. The highest BCUT2D eigenvalue weighted by molar-refractivity contribution is 5.91. The first-order chi connectivity index (χ1) is 9.69. The highest BCUT2D eigenvalue weighted by Crippen LogP contribution is 2.21. The Morgan fingerprint density at radius 1 is 1.55 bits per heavy atom. The first kappa shape index (κ1) is 14.8. The fourth-order valence-electron chi connectivity index (χ4n) is 2.19. The molecule has 2 N–H and O–H groups in total. The summed E-state index contributed by atoms with van der Waals surface area (Å²) < 4.78 is 11.0. The van der Waals surface area contributed by atoms with Crippen LogP contribution in [0.3, 0.4) is 0 Å². The van der Waals surface area contributed by atoms with Crippen molar-refractivity contribution in [3.8, 4) is 5.75 Å². The number of carbonyl (C=O) groups excluding carboxylic acids is 1. The van der Waals surface area contributed by atoms with Gasteiger partial charge in [-0.2, -0.15) is 0 Å². The lowest BCUT2D eigenvalue weighted by Crippen LogP contribution is -2.40. The zero-order chi connectivity index (χ0) is 14.4. The number of rotatable bonds is 5. The van der Waals surface area contributed by atoms with Crippen LogP contribution in [0.4, 0.5) is 5.69 Å². The number of hydrogen-bond donors (Lipinski definition) is 2. The molecule has 0 radical (unpaired) electrons. The molecule has 1 heterocycles. The van der Waals surface area contributed by atoms with E-state index in [-0.39, 0.29) is 12.0 Å². The van der Waals surface area contributed by atoms with E-state index in [2.05, 4.69) is 10.6 Å². The predicted molar refractivity (Wildman–Crippen MR) is 78.2 cm³/mol. The van der Waals surface area contributed by atoms with Crippen LogP contribution in [0.2, 0.25) is 0 Å². The number of amides is 1. The quantitative estimate of drug-likeness (QED) is 0.861. The van der Waals surface area contributed by atoms with Gasteiger partial charge in [0.25, 0.3) is 0 Å². The highest BCUT2D eigenvalue weighted by Gasteiger charge is 2.17. The van der Waals surface area contributed by atoms with Crippen molar-refractivity contribution in [1.82, 2.24) is 5.32 Å². The van der Waals surface area contributed by atoms with E-state index in [1.165, 1.54) is 0 Å². The largest absolute Gasteiger partial charge is 0.494 e. The second-order valence-electron chi connectivity index (χ2n) is 4.86. The van der Waals surface area contributed by atoms with Gasteiger partial charge in [-0.1, -0.05) is 0 Å². The zero-order valence-corrected chi connectivity index (χ0v) is 12.1. The van der Waals surface area contributed by atoms with E-state index in [1.807, 2.05) is 32.0 Å². The number of ether oxygens (including phenoxy) is 2. The van der Waals surface area contributed by atoms with Gasteiger partial charge in [-0.05, 0) is 37.6 Å². The Bertz CT molecular complexity index is 456. The van der Waals surface area contributed by atoms with E-state index in [1.54, 1.807) is 0 Å². The Morgan fingerprint density at radius 3 is 3.05 bits per heavy atom. The van der Waals surface area contributed by atoms with Crippen molar-refractivity contribution in [1.29, 1.82) is 0 Å². The molecule has 0 aliphatic carbocycles. The van der Waals surface area contributed by atoms with Gasteiger partial charge in [-0.15, -0.1) is 0 Å². The van der Waals surface area contributed by atoms with Crippen molar-refractivity contribution in [2.45, 2.75) is 26.4 Å². The van der Waals surface area contributed by atoms with E-state index in [9.17, 15) is 4.79 Å². The summed E-state index contributed by atoms with van der Waals surface area (Å²) >= 11 is 0. The van der Waals surface area contributed by atoms with Crippen molar-refractivity contribution in [2.24, 2.45) is 0 Å². The first-order valence-corrected chi connectivity index (χ1v) is 7.04. The van der Waals surface area contributed by atoms with Crippen LogP contribution in [0.5, 0.6) is 5.75 Å². The minimum Gasteiger partial charge on any atom is -0.494 e. The monoisotopic (exact) mass is 278 g/mol. The van der Waals surface area contributed by atoms with Gasteiger partial charge < -0.3 is 20.1 Å². The lowest BCUT2D eigenvalue weighted by atomic mass is 10.1. The van der Waals surface area contributed by atoms with Crippen LogP contribution in [0.25, 0.3) is 0 Å². The maximum absolute atomic E-state index is 12.0. The second-order valence-corrected chi connectivity index (χ2v) is 4.86. The Labute approximate surface area is 119 Å². The summed E-state index contributed by atoms with van der Waals surface area (Å²) in [6.07, 6.45) is 0.339. The van der Waals surface area contributed by atoms with Gasteiger partial charge in [-0.3, -0.25) is 4.79 Å².